The first kappa shape index (κ1) is 24.7. The fraction of sp³-hybridized carbons (Fsp3) is 0.333. The number of hydrogen-bond acceptors (Lipinski definition) is 2. The Bertz CT molecular complexity index is 995. The van der Waals surface area contributed by atoms with E-state index in [0.717, 1.165) is 36.7 Å². The summed E-state index contributed by atoms with van der Waals surface area (Å²) in [7, 11) is 1.78. The van der Waals surface area contributed by atoms with Crippen LogP contribution in [0.2, 0.25) is 0 Å². The lowest BCUT2D eigenvalue weighted by Crippen LogP contribution is -2.37. The van der Waals surface area contributed by atoms with Crippen LogP contribution in [0.1, 0.15) is 25.8 Å². The molecule has 0 saturated heterocycles. The molecule has 1 amide bonds. The molecule has 7 heteroatoms. The second kappa shape index (κ2) is 12.3. The highest BCUT2D eigenvalue weighted by Crippen LogP contribution is 2.15. The minimum atomic E-state index is -0.0306. The average Bonchev–Trinajstić information content (AvgIpc) is 3.17. The molecule has 31 heavy (non-hydrogen) atoms. The van der Waals surface area contributed by atoms with Gasteiger partial charge in [0.2, 0.25) is 5.91 Å². The summed E-state index contributed by atoms with van der Waals surface area (Å²) < 4.78 is 2.28. The van der Waals surface area contributed by atoms with Crippen molar-refractivity contribution in [3.05, 3.63) is 66.4 Å². The summed E-state index contributed by atoms with van der Waals surface area (Å²) in [6.45, 7) is 6.23. The van der Waals surface area contributed by atoms with Crippen LogP contribution in [0.25, 0.3) is 10.9 Å². The number of hydrogen-bond donors (Lipinski definition) is 3. The predicted octanol–water partition coefficient (Wildman–Crippen LogP) is 4.61. The summed E-state index contributed by atoms with van der Waals surface area (Å²) in [4.78, 5) is 16.1. The zero-order chi connectivity index (χ0) is 21.3. The number of nitrogens with zero attached hydrogens (tertiary/aromatic N) is 2. The number of rotatable bonds is 8. The molecule has 0 saturated carbocycles. The van der Waals surface area contributed by atoms with Gasteiger partial charge in [0, 0.05) is 50.0 Å². The maximum atomic E-state index is 11.8. The first-order valence-corrected chi connectivity index (χ1v) is 10.4. The van der Waals surface area contributed by atoms with Crippen LogP contribution < -0.4 is 16.0 Å². The summed E-state index contributed by atoms with van der Waals surface area (Å²) in [5.74, 6) is 0.778. The van der Waals surface area contributed by atoms with Crippen molar-refractivity contribution in [2.45, 2.75) is 33.4 Å². The number of anilines is 1. The highest BCUT2D eigenvalue weighted by atomic mass is 127. The monoisotopic (exact) mass is 533 g/mol. The van der Waals surface area contributed by atoms with Crippen molar-refractivity contribution in [3.63, 3.8) is 0 Å². The van der Waals surface area contributed by atoms with Crippen molar-refractivity contribution in [2.24, 2.45) is 10.9 Å². The topological polar surface area (TPSA) is 70.5 Å². The van der Waals surface area contributed by atoms with Gasteiger partial charge in [-0.2, -0.15) is 0 Å². The first-order valence-electron chi connectivity index (χ1n) is 10.4. The largest absolute Gasteiger partial charge is 0.356 e. The number of fused-ring (bicyclic) bond motifs is 1. The van der Waals surface area contributed by atoms with Crippen LogP contribution in [0.4, 0.5) is 5.69 Å². The number of para-hydroxylation sites is 1. The Morgan fingerprint density at radius 3 is 2.48 bits per heavy atom. The van der Waals surface area contributed by atoms with Gasteiger partial charge in [-0.1, -0.05) is 44.2 Å². The van der Waals surface area contributed by atoms with Crippen LogP contribution in [0.3, 0.4) is 0 Å². The van der Waals surface area contributed by atoms with Crippen molar-refractivity contribution < 1.29 is 4.79 Å². The smallest absolute Gasteiger partial charge is 0.226 e. The van der Waals surface area contributed by atoms with Crippen LogP contribution in [0.15, 0.2) is 65.8 Å². The van der Waals surface area contributed by atoms with E-state index in [1.807, 2.05) is 38.1 Å². The van der Waals surface area contributed by atoms with E-state index < -0.39 is 0 Å². The number of benzene rings is 2. The average molecular weight is 533 g/mol. The molecule has 2 aromatic carbocycles. The van der Waals surface area contributed by atoms with Crippen molar-refractivity contribution >= 4 is 52.4 Å². The Kier molecular flexibility index (Phi) is 9.84. The van der Waals surface area contributed by atoms with Crippen LogP contribution in [0.5, 0.6) is 0 Å². The summed E-state index contributed by atoms with van der Waals surface area (Å²) in [5, 5.41) is 10.9. The molecule has 3 aromatic rings. The molecule has 1 heterocycles. The van der Waals surface area contributed by atoms with E-state index in [9.17, 15) is 4.79 Å². The molecular formula is C24H32IN5O. The van der Waals surface area contributed by atoms with E-state index in [0.29, 0.717) is 6.54 Å². The van der Waals surface area contributed by atoms with Crippen LogP contribution in [0, 0.1) is 5.92 Å². The lowest BCUT2D eigenvalue weighted by atomic mass is 10.1. The molecule has 0 aliphatic heterocycles. The summed E-state index contributed by atoms with van der Waals surface area (Å²) in [6, 6.07) is 18.5. The van der Waals surface area contributed by atoms with E-state index in [2.05, 4.69) is 62.0 Å². The molecule has 6 nitrogen and oxygen atoms in total. The van der Waals surface area contributed by atoms with Crippen LogP contribution in [-0.2, 0) is 17.9 Å². The number of aliphatic imine (C=N–C) groups is 1. The van der Waals surface area contributed by atoms with Crippen molar-refractivity contribution in [1.29, 1.82) is 0 Å². The molecular weight excluding hydrogens is 501 g/mol. The van der Waals surface area contributed by atoms with Crippen LogP contribution >= 0.6 is 24.0 Å². The zero-order valence-electron chi connectivity index (χ0n) is 18.4. The zero-order valence-corrected chi connectivity index (χ0v) is 20.7. The van der Waals surface area contributed by atoms with Crippen molar-refractivity contribution in [1.82, 2.24) is 15.2 Å². The van der Waals surface area contributed by atoms with E-state index >= 15 is 0 Å². The Hall–Kier alpha value is -2.55. The fourth-order valence-corrected chi connectivity index (χ4v) is 3.19. The Morgan fingerprint density at radius 1 is 1.03 bits per heavy atom. The van der Waals surface area contributed by atoms with Gasteiger partial charge < -0.3 is 20.5 Å². The molecule has 0 radical (unpaired) electrons. The molecule has 0 bridgehead atoms. The van der Waals surface area contributed by atoms with Gasteiger partial charge in [0.15, 0.2) is 5.96 Å². The standard InChI is InChI=1S/C24H31N5O.HI/c1-18(2)23(30)28-21-11-9-19(10-12-21)17-27-24(25-3)26-14-6-15-29-16-13-20-7-4-5-8-22(20)29;/h4-5,7-13,16,18H,6,14-15,17H2,1-3H3,(H,28,30)(H2,25,26,27);1H. The van der Waals surface area contributed by atoms with Gasteiger partial charge in [0.1, 0.15) is 0 Å². The molecule has 3 N–H and O–H groups in total. The molecule has 0 aliphatic rings. The lowest BCUT2D eigenvalue weighted by Gasteiger charge is -2.13. The number of carbonyl (C=O) groups is 1. The van der Waals surface area contributed by atoms with E-state index in [1.165, 1.54) is 10.9 Å². The Balaban J connectivity index is 0.00000341. The molecule has 0 atom stereocenters. The number of halogens is 1. The van der Waals surface area contributed by atoms with Gasteiger partial charge in [-0.25, -0.2) is 0 Å². The molecule has 0 unspecified atom stereocenters. The normalized spacial score (nSPS) is 11.3. The maximum Gasteiger partial charge on any atom is 0.226 e. The Morgan fingerprint density at radius 2 is 1.77 bits per heavy atom. The van der Waals surface area contributed by atoms with Crippen LogP contribution in [-0.4, -0.2) is 30.0 Å². The number of aromatic nitrogens is 1. The summed E-state index contributed by atoms with van der Waals surface area (Å²) in [5.41, 5.74) is 3.21. The number of nitrogens with one attached hydrogen (secondary N) is 3. The highest BCUT2D eigenvalue weighted by Gasteiger charge is 2.07. The third-order valence-corrected chi connectivity index (χ3v) is 4.98. The molecule has 0 aliphatic carbocycles. The van der Waals surface area contributed by atoms with E-state index in [1.54, 1.807) is 7.05 Å². The van der Waals surface area contributed by atoms with Gasteiger partial charge in [0.05, 0.1) is 0 Å². The SMILES string of the molecule is CN=C(NCCCn1ccc2ccccc21)NCc1ccc(NC(=O)C(C)C)cc1.I. The molecule has 3 rings (SSSR count). The predicted molar refractivity (Wildman–Crippen MR) is 140 cm³/mol. The number of amides is 1. The third-order valence-electron chi connectivity index (χ3n) is 4.98. The van der Waals surface area contributed by atoms with Gasteiger partial charge in [-0.05, 0) is 41.6 Å². The molecule has 0 fully saturated rings. The molecule has 166 valence electrons. The quantitative estimate of drug-likeness (QED) is 0.172. The lowest BCUT2D eigenvalue weighted by molar-refractivity contribution is -0.118. The number of aryl methyl sites for hydroxylation is 1. The van der Waals surface area contributed by atoms with Gasteiger partial charge >= 0.3 is 0 Å². The van der Waals surface area contributed by atoms with Gasteiger partial charge in [0.25, 0.3) is 0 Å². The van der Waals surface area contributed by atoms with Gasteiger partial charge in [-0.3, -0.25) is 9.79 Å². The first-order chi connectivity index (χ1) is 14.6. The number of carbonyl (C=O) groups excluding carboxylic acids is 1. The summed E-state index contributed by atoms with van der Waals surface area (Å²) >= 11 is 0. The molecule has 1 aromatic heterocycles. The minimum absolute atomic E-state index is 0. The summed E-state index contributed by atoms with van der Waals surface area (Å²) in [6.07, 6.45) is 3.15. The fourth-order valence-electron chi connectivity index (χ4n) is 3.19. The maximum absolute atomic E-state index is 11.8. The van der Waals surface area contributed by atoms with E-state index in [4.69, 9.17) is 0 Å². The van der Waals surface area contributed by atoms with Crippen molar-refractivity contribution in [2.75, 3.05) is 18.9 Å². The van der Waals surface area contributed by atoms with Crippen molar-refractivity contribution in [3.8, 4) is 0 Å². The second-order valence-electron chi connectivity index (χ2n) is 7.61. The minimum Gasteiger partial charge on any atom is -0.356 e. The molecule has 0 spiro atoms. The third kappa shape index (κ3) is 7.27. The number of guanidine groups is 1. The second-order valence-corrected chi connectivity index (χ2v) is 7.61. The Labute approximate surface area is 201 Å². The van der Waals surface area contributed by atoms with Gasteiger partial charge in [-0.15, -0.1) is 24.0 Å². The highest BCUT2D eigenvalue weighted by molar-refractivity contribution is 14.0. The van der Waals surface area contributed by atoms with E-state index in [-0.39, 0.29) is 35.8 Å².